The molecular formula is C14H20N4O. The normalized spacial score (nSPS) is 23.3. The molecule has 5 nitrogen and oxygen atoms in total. The average Bonchev–Trinajstić information content (AvgIpc) is 2.89. The molecule has 2 aromatic heterocycles. The van der Waals surface area contributed by atoms with Crippen molar-refractivity contribution in [2.75, 3.05) is 12.3 Å². The zero-order valence-corrected chi connectivity index (χ0v) is 11.7. The van der Waals surface area contributed by atoms with Crippen molar-refractivity contribution in [3.8, 4) is 0 Å². The Bertz CT molecular complexity index is 619. The van der Waals surface area contributed by atoms with Gasteiger partial charge in [-0.3, -0.25) is 0 Å². The maximum absolute atomic E-state index is 5.99. The van der Waals surface area contributed by atoms with Gasteiger partial charge in [-0.15, -0.1) is 0 Å². The highest BCUT2D eigenvalue weighted by atomic mass is 16.5. The lowest BCUT2D eigenvalue weighted by Crippen LogP contribution is -2.18. The van der Waals surface area contributed by atoms with Crippen LogP contribution in [0.2, 0.25) is 0 Å². The van der Waals surface area contributed by atoms with Gasteiger partial charge < -0.3 is 15.0 Å². The second kappa shape index (κ2) is 4.49. The van der Waals surface area contributed by atoms with Gasteiger partial charge in [0.25, 0.3) is 0 Å². The number of nitrogens with zero attached hydrogens (tertiary/aromatic N) is 3. The molecule has 2 atom stereocenters. The van der Waals surface area contributed by atoms with Gasteiger partial charge in [-0.25, -0.2) is 9.97 Å². The Morgan fingerprint density at radius 2 is 2.21 bits per heavy atom. The van der Waals surface area contributed by atoms with Gasteiger partial charge in [0, 0.05) is 24.8 Å². The molecule has 0 aliphatic carbocycles. The molecule has 0 amide bonds. The number of hydrogen-bond acceptors (Lipinski definition) is 4. The second-order valence-corrected chi connectivity index (χ2v) is 5.40. The standard InChI is InChI=1S/C14H20N4O/c1-8-9(2)18(6-11-4-5-19-10(11)3)14-12(8)13(15)16-7-17-14/h7,10-11H,4-6H2,1-3H3,(H2,15,16,17). The molecule has 1 fully saturated rings. The number of ether oxygens (including phenoxy) is 1. The van der Waals surface area contributed by atoms with E-state index >= 15 is 0 Å². The minimum atomic E-state index is 0.316. The van der Waals surface area contributed by atoms with Gasteiger partial charge in [0.2, 0.25) is 0 Å². The van der Waals surface area contributed by atoms with E-state index in [2.05, 4.69) is 35.3 Å². The van der Waals surface area contributed by atoms with E-state index in [-0.39, 0.29) is 0 Å². The van der Waals surface area contributed by atoms with Crippen LogP contribution in [0.3, 0.4) is 0 Å². The van der Waals surface area contributed by atoms with Crippen LogP contribution in [0.5, 0.6) is 0 Å². The van der Waals surface area contributed by atoms with Crippen molar-refractivity contribution >= 4 is 16.9 Å². The fraction of sp³-hybridized carbons (Fsp3) is 0.571. The smallest absolute Gasteiger partial charge is 0.145 e. The predicted molar refractivity (Wildman–Crippen MR) is 74.9 cm³/mol. The third-order valence-electron chi connectivity index (χ3n) is 4.39. The molecule has 1 saturated heterocycles. The van der Waals surface area contributed by atoms with Crippen molar-refractivity contribution in [2.45, 2.75) is 39.8 Å². The molecule has 1 aliphatic heterocycles. The molecule has 19 heavy (non-hydrogen) atoms. The molecule has 1 aliphatic rings. The predicted octanol–water partition coefficient (Wildman–Crippen LogP) is 2.06. The van der Waals surface area contributed by atoms with E-state index in [0.29, 0.717) is 17.8 Å². The number of hydrogen-bond donors (Lipinski definition) is 1. The van der Waals surface area contributed by atoms with Crippen LogP contribution >= 0.6 is 0 Å². The lowest BCUT2D eigenvalue weighted by molar-refractivity contribution is 0.102. The first kappa shape index (κ1) is 12.4. The third kappa shape index (κ3) is 1.89. The minimum absolute atomic E-state index is 0.316. The Labute approximate surface area is 112 Å². The number of aryl methyl sites for hydroxylation is 1. The molecule has 2 aromatic rings. The van der Waals surface area contributed by atoms with E-state index in [1.807, 2.05) is 0 Å². The molecule has 3 heterocycles. The van der Waals surface area contributed by atoms with Crippen LogP contribution in [0, 0.1) is 19.8 Å². The van der Waals surface area contributed by atoms with E-state index in [4.69, 9.17) is 10.5 Å². The van der Waals surface area contributed by atoms with Crippen LogP contribution in [0.1, 0.15) is 24.6 Å². The molecule has 0 radical (unpaired) electrons. The van der Waals surface area contributed by atoms with E-state index in [9.17, 15) is 0 Å². The zero-order chi connectivity index (χ0) is 13.6. The summed E-state index contributed by atoms with van der Waals surface area (Å²) in [5.41, 5.74) is 9.34. The van der Waals surface area contributed by atoms with Gasteiger partial charge in [-0.05, 0) is 32.8 Å². The molecule has 2 unspecified atom stereocenters. The maximum atomic E-state index is 5.99. The molecule has 0 spiro atoms. The fourth-order valence-corrected chi connectivity index (χ4v) is 2.97. The Kier molecular flexibility index (Phi) is 2.93. The van der Waals surface area contributed by atoms with Crippen LogP contribution in [0.15, 0.2) is 6.33 Å². The SMILES string of the molecule is Cc1c(C)n(CC2CCOC2C)c2ncnc(N)c12. The highest BCUT2D eigenvalue weighted by Crippen LogP contribution is 2.30. The van der Waals surface area contributed by atoms with Crippen molar-refractivity contribution in [1.82, 2.24) is 14.5 Å². The number of fused-ring (bicyclic) bond motifs is 1. The molecular weight excluding hydrogens is 240 g/mol. The first-order chi connectivity index (χ1) is 9.09. The summed E-state index contributed by atoms with van der Waals surface area (Å²) in [6.45, 7) is 8.16. The lowest BCUT2D eigenvalue weighted by Gasteiger charge is -2.16. The summed E-state index contributed by atoms with van der Waals surface area (Å²) in [6.07, 6.45) is 2.97. The molecule has 0 bridgehead atoms. The van der Waals surface area contributed by atoms with E-state index in [1.165, 1.54) is 11.3 Å². The maximum Gasteiger partial charge on any atom is 0.145 e. The summed E-state index contributed by atoms with van der Waals surface area (Å²) in [6, 6.07) is 0. The van der Waals surface area contributed by atoms with E-state index < -0.39 is 0 Å². The van der Waals surface area contributed by atoms with E-state index in [1.54, 1.807) is 6.33 Å². The summed E-state index contributed by atoms with van der Waals surface area (Å²) in [7, 11) is 0. The van der Waals surface area contributed by atoms with Crippen molar-refractivity contribution in [3.63, 3.8) is 0 Å². The molecule has 5 heteroatoms. The quantitative estimate of drug-likeness (QED) is 0.897. The molecule has 102 valence electrons. The fourth-order valence-electron chi connectivity index (χ4n) is 2.97. The first-order valence-corrected chi connectivity index (χ1v) is 6.77. The third-order valence-corrected chi connectivity index (χ3v) is 4.39. The number of aromatic nitrogens is 3. The molecule has 2 N–H and O–H groups in total. The van der Waals surface area contributed by atoms with Crippen LogP contribution in [0.25, 0.3) is 11.0 Å². The van der Waals surface area contributed by atoms with Crippen LogP contribution < -0.4 is 5.73 Å². The number of anilines is 1. The first-order valence-electron chi connectivity index (χ1n) is 6.77. The molecule has 0 aromatic carbocycles. The van der Waals surface area contributed by atoms with Crippen molar-refractivity contribution in [3.05, 3.63) is 17.6 Å². The summed E-state index contributed by atoms with van der Waals surface area (Å²) in [5, 5.41) is 0.992. The van der Waals surface area contributed by atoms with Gasteiger partial charge in [-0.1, -0.05) is 0 Å². The topological polar surface area (TPSA) is 66.0 Å². The van der Waals surface area contributed by atoms with Crippen molar-refractivity contribution in [1.29, 1.82) is 0 Å². The summed E-state index contributed by atoms with van der Waals surface area (Å²) >= 11 is 0. The van der Waals surface area contributed by atoms with Crippen molar-refractivity contribution in [2.24, 2.45) is 5.92 Å². The van der Waals surface area contributed by atoms with Crippen LogP contribution in [-0.2, 0) is 11.3 Å². The largest absolute Gasteiger partial charge is 0.383 e. The number of rotatable bonds is 2. The summed E-state index contributed by atoms with van der Waals surface area (Å²) < 4.78 is 7.91. The zero-order valence-electron chi connectivity index (χ0n) is 11.7. The highest BCUT2D eigenvalue weighted by Gasteiger charge is 2.26. The molecule has 0 saturated carbocycles. The Balaban J connectivity index is 2.08. The van der Waals surface area contributed by atoms with Gasteiger partial charge >= 0.3 is 0 Å². The van der Waals surface area contributed by atoms with Crippen LogP contribution in [0.4, 0.5) is 5.82 Å². The number of nitrogens with two attached hydrogens (primary N) is 1. The summed E-state index contributed by atoms with van der Waals surface area (Å²) in [5.74, 6) is 1.12. The Hall–Kier alpha value is -1.62. The van der Waals surface area contributed by atoms with Gasteiger partial charge in [0.15, 0.2) is 0 Å². The average molecular weight is 260 g/mol. The van der Waals surface area contributed by atoms with Gasteiger partial charge in [0.05, 0.1) is 11.5 Å². The van der Waals surface area contributed by atoms with Gasteiger partial charge in [-0.2, -0.15) is 0 Å². The van der Waals surface area contributed by atoms with Gasteiger partial charge in [0.1, 0.15) is 17.8 Å². The Morgan fingerprint density at radius 3 is 2.89 bits per heavy atom. The van der Waals surface area contributed by atoms with E-state index in [0.717, 1.165) is 30.6 Å². The number of nitrogen functional groups attached to an aromatic ring is 1. The summed E-state index contributed by atoms with van der Waals surface area (Å²) in [4.78, 5) is 8.52. The lowest BCUT2D eigenvalue weighted by atomic mass is 10.0. The molecule has 3 rings (SSSR count). The monoisotopic (exact) mass is 260 g/mol. The Morgan fingerprint density at radius 1 is 1.42 bits per heavy atom. The minimum Gasteiger partial charge on any atom is -0.383 e. The highest BCUT2D eigenvalue weighted by molar-refractivity contribution is 5.90. The van der Waals surface area contributed by atoms with Crippen molar-refractivity contribution < 1.29 is 4.74 Å². The van der Waals surface area contributed by atoms with Crippen LogP contribution in [-0.4, -0.2) is 27.2 Å². The second-order valence-electron chi connectivity index (χ2n) is 5.40.